The SMILES string of the molecule is CCC(C(=O)OC(C)C)(N(NC(=O)OC(C)(C)C)C(=O)OC(C)(C)C)[N+](=O)[O-]. The molecule has 0 aromatic rings. The van der Waals surface area contributed by atoms with Gasteiger partial charge in [0.25, 0.3) is 0 Å². The predicted molar refractivity (Wildman–Crippen MR) is 98.7 cm³/mol. The smallest absolute Gasteiger partial charge is 0.435 e. The lowest BCUT2D eigenvalue weighted by atomic mass is 10.1. The summed E-state index contributed by atoms with van der Waals surface area (Å²) in [6.45, 7) is 13.6. The van der Waals surface area contributed by atoms with Crippen molar-refractivity contribution < 1.29 is 33.5 Å². The number of ether oxygens (including phenoxy) is 3. The maximum absolute atomic E-state index is 12.7. The summed E-state index contributed by atoms with van der Waals surface area (Å²) in [5.74, 6) is -1.32. The molecule has 0 saturated carbocycles. The van der Waals surface area contributed by atoms with Crippen molar-refractivity contribution in [3.8, 4) is 0 Å². The zero-order valence-corrected chi connectivity index (χ0v) is 17.9. The van der Waals surface area contributed by atoms with Crippen LogP contribution in [0.5, 0.6) is 0 Å². The van der Waals surface area contributed by atoms with Crippen molar-refractivity contribution in [1.82, 2.24) is 10.4 Å². The monoisotopic (exact) mass is 405 g/mol. The first kappa shape index (κ1) is 25.4. The Morgan fingerprint density at radius 2 is 1.50 bits per heavy atom. The molecule has 1 unspecified atom stereocenters. The third-order valence-corrected chi connectivity index (χ3v) is 3.01. The average Bonchev–Trinajstić information content (AvgIpc) is 2.42. The first-order valence-electron chi connectivity index (χ1n) is 8.84. The van der Waals surface area contributed by atoms with E-state index in [-0.39, 0.29) is 5.01 Å². The predicted octanol–water partition coefficient (Wildman–Crippen LogP) is 3.00. The maximum atomic E-state index is 12.7. The molecule has 11 nitrogen and oxygen atoms in total. The second-order valence-electron chi connectivity index (χ2n) is 8.31. The zero-order chi connectivity index (χ0) is 22.5. The van der Waals surface area contributed by atoms with Crippen LogP contribution < -0.4 is 5.43 Å². The minimum absolute atomic E-state index is 0.219. The van der Waals surface area contributed by atoms with Gasteiger partial charge in [0.2, 0.25) is 0 Å². The number of esters is 1. The summed E-state index contributed by atoms with van der Waals surface area (Å²) >= 11 is 0. The minimum Gasteiger partial charge on any atom is -0.456 e. The Labute approximate surface area is 164 Å². The number of nitrogens with one attached hydrogen (secondary N) is 1. The number of carbonyl (C=O) groups excluding carboxylic acids is 3. The van der Waals surface area contributed by atoms with E-state index in [9.17, 15) is 24.5 Å². The van der Waals surface area contributed by atoms with Gasteiger partial charge in [0.15, 0.2) is 0 Å². The van der Waals surface area contributed by atoms with Gasteiger partial charge in [-0.3, -0.25) is 10.1 Å². The van der Waals surface area contributed by atoms with E-state index >= 15 is 0 Å². The first-order chi connectivity index (χ1) is 12.5. The van der Waals surface area contributed by atoms with Gasteiger partial charge >= 0.3 is 23.8 Å². The molecule has 0 heterocycles. The van der Waals surface area contributed by atoms with Crippen molar-refractivity contribution in [2.75, 3.05) is 0 Å². The van der Waals surface area contributed by atoms with Gasteiger partial charge in [-0.15, -0.1) is 5.01 Å². The highest BCUT2D eigenvalue weighted by Gasteiger charge is 2.61. The van der Waals surface area contributed by atoms with Crippen molar-refractivity contribution in [2.45, 2.75) is 91.7 Å². The van der Waals surface area contributed by atoms with Crippen LogP contribution in [0.15, 0.2) is 0 Å². The van der Waals surface area contributed by atoms with Crippen LogP contribution in [0.3, 0.4) is 0 Å². The second kappa shape index (κ2) is 9.07. The van der Waals surface area contributed by atoms with Crippen LogP contribution in [-0.4, -0.2) is 51.1 Å². The minimum atomic E-state index is -2.75. The summed E-state index contributed by atoms with van der Waals surface area (Å²) in [4.78, 5) is 48.4. The molecule has 28 heavy (non-hydrogen) atoms. The van der Waals surface area contributed by atoms with Crippen molar-refractivity contribution in [3.63, 3.8) is 0 Å². The van der Waals surface area contributed by atoms with Crippen molar-refractivity contribution in [1.29, 1.82) is 0 Å². The Morgan fingerprint density at radius 3 is 1.82 bits per heavy atom. The average molecular weight is 405 g/mol. The third-order valence-electron chi connectivity index (χ3n) is 3.01. The van der Waals surface area contributed by atoms with Gasteiger partial charge in [0.1, 0.15) is 11.2 Å². The van der Waals surface area contributed by atoms with Crippen molar-refractivity contribution in [2.24, 2.45) is 0 Å². The lowest BCUT2D eigenvalue weighted by molar-refractivity contribution is -0.585. The fourth-order valence-corrected chi connectivity index (χ4v) is 1.98. The van der Waals surface area contributed by atoms with Gasteiger partial charge in [-0.1, -0.05) is 6.92 Å². The van der Waals surface area contributed by atoms with Crippen LogP contribution in [-0.2, 0) is 19.0 Å². The lowest BCUT2D eigenvalue weighted by Gasteiger charge is -2.35. The summed E-state index contributed by atoms with van der Waals surface area (Å²) in [6.07, 6.45) is -3.67. The summed E-state index contributed by atoms with van der Waals surface area (Å²) in [5, 5.41) is 12.1. The fourth-order valence-electron chi connectivity index (χ4n) is 1.98. The molecule has 0 bridgehead atoms. The molecule has 1 N–H and O–H groups in total. The second-order valence-corrected chi connectivity index (χ2v) is 8.31. The molecule has 0 aromatic carbocycles. The molecule has 0 aliphatic rings. The number of hydrazine groups is 1. The first-order valence-corrected chi connectivity index (χ1v) is 8.84. The van der Waals surface area contributed by atoms with Crippen molar-refractivity contribution in [3.05, 3.63) is 10.1 Å². The molecular formula is C17H31N3O8. The molecule has 0 radical (unpaired) electrons. The van der Waals surface area contributed by atoms with Crippen LogP contribution in [0.1, 0.15) is 68.7 Å². The van der Waals surface area contributed by atoms with E-state index in [1.165, 1.54) is 41.5 Å². The normalized spacial score (nSPS) is 13.9. The van der Waals surface area contributed by atoms with E-state index in [0.717, 1.165) is 0 Å². The Hall–Kier alpha value is -2.59. The molecule has 0 spiro atoms. The molecule has 2 amide bonds. The highest BCUT2D eigenvalue weighted by molar-refractivity contribution is 5.85. The largest absolute Gasteiger partial charge is 0.456 e. The van der Waals surface area contributed by atoms with Crippen LogP contribution in [0.25, 0.3) is 0 Å². The number of hydrogen-bond acceptors (Lipinski definition) is 8. The number of hydrogen-bond donors (Lipinski definition) is 1. The molecule has 0 rings (SSSR count). The standard InChI is InChI=1S/C17H31N3O8/c1-10-17(20(24)25,12(21)26-11(2)3)19(14(23)28-16(7,8)9)18-13(22)27-15(4,5)6/h11H,10H2,1-9H3,(H,18,22). The molecule has 0 saturated heterocycles. The van der Waals surface area contributed by atoms with Crippen LogP contribution in [0.2, 0.25) is 0 Å². The van der Waals surface area contributed by atoms with Gasteiger partial charge in [-0.25, -0.2) is 19.8 Å². The quantitative estimate of drug-likeness (QED) is 0.242. The van der Waals surface area contributed by atoms with E-state index < -0.39 is 52.5 Å². The molecule has 162 valence electrons. The van der Waals surface area contributed by atoms with E-state index in [2.05, 4.69) is 0 Å². The Bertz CT molecular complexity index is 607. The van der Waals surface area contributed by atoms with Crippen molar-refractivity contribution >= 4 is 18.2 Å². The maximum Gasteiger partial charge on any atom is 0.435 e. The Kier molecular flexibility index (Phi) is 8.23. The third kappa shape index (κ3) is 7.20. The lowest BCUT2D eigenvalue weighted by Crippen LogP contribution is -2.68. The summed E-state index contributed by atoms with van der Waals surface area (Å²) in [5.41, 5.74) is -2.77. The van der Waals surface area contributed by atoms with E-state index in [4.69, 9.17) is 14.2 Å². The van der Waals surface area contributed by atoms with E-state index in [1.54, 1.807) is 20.8 Å². The molecular weight excluding hydrogens is 374 g/mol. The molecule has 0 fully saturated rings. The van der Waals surface area contributed by atoms with E-state index in [0.29, 0.717) is 0 Å². The van der Waals surface area contributed by atoms with Gasteiger partial charge in [0, 0.05) is 6.42 Å². The fraction of sp³-hybridized carbons (Fsp3) is 0.824. The van der Waals surface area contributed by atoms with Gasteiger partial charge in [0.05, 0.1) is 11.0 Å². The number of nitrogens with zero attached hydrogens (tertiary/aromatic N) is 2. The van der Waals surface area contributed by atoms with Gasteiger partial charge in [-0.2, -0.15) is 0 Å². The highest BCUT2D eigenvalue weighted by atomic mass is 16.7. The van der Waals surface area contributed by atoms with E-state index in [1.807, 2.05) is 5.43 Å². The van der Waals surface area contributed by atoms with Gasteiger partial charge in [-0.05, 0) is 55.4 Å². The van der Waals surface area contributed by atoms with Crippen LogP contribution in [0, 0.1) is 10.1 Å². The Morgan fingerprint density at radius 1 is 1.04 bits per heavy atom. The number of rotatable bonds is 5. The number of carbonyl (C=O) groups is 3. The van der Waals surface area contributed by atoms with Gasteiger partial charge < -0.3 is 14.2 Å². The van der Waals surface area contributed by atoms with Crippen LogP contribution >= 0.6 is 0 Å². The molecule has 0 aliphatic carbocycles. The van der Waals surface area contributed by atoms with Crippen LogP contribution in [0.4, 0.5) is 9.59 Å². The Balaban J connectivity index is 6.24. The summed E-state index contributed by atoms with van der Waals surface area (Å²) in [7, 11) is 0. The summed E-state index contributed by atoms with van der Waals surface area (Å²) in [6, 6.07) is 0. The molecule has 1 atom stereocenters. The molecule has 0 aromatic heterocycles. The highest BCUT2D eigenvalue weighted by Crippen LogP contribution is 2.25. The topological polar surface area (TPSA) is 137 Å². The summed E-state index contributed by atoms with van der Waals surface area (Å²) < 4.78 is 15.2. The zero-order valence-electron chi connectivity index (χ0n) is 17.9. The number of nitro groups is 1. The molecule has 0 aliphatic heterocycles. The molecule has 11 heteroatoms. The number of amides is 2.